The average Bonchev–Trinajstić information content (AvgIpc) is 3.17. The molecule has 1 amide bonds. The summed E-state index contributed by atoms with van der Waals surface area (Å²) in [5.41, 5.74) is 4.44. The monoisotopic (exact) mass is 392 g/mol. The van der Waals surface area contributed by atoms with E-state index in [2.05, 4.69) is 36.5 Å². The lowest BCUT2D eigenvalue weighted by molar-refractivity contribution is -0.140. The molecule has 1 N–H and O–H groups in total. The predicted octanol–water partition coefficient (Wildman–Crippen LogP) is 3.08. The summed E-state index contributed by atoms with van der Waals surface area (Å²) in [6.45, 7) is 6.08. The largest absolute Gasteiger partial charge is 0.445 e. The summed E-state index contributed by atoms with van der Waals surface area (Å²) in [5, 5.41) is 7.05. The zero-order valence-electron chi connectivity index (χ0n) is 16.8. The SMILES string of the molecule is Cc1ccc(C2=NOC(CNC(=O)C3(C)Cc4ccccc4C(=O)O3)C2)cc1C. The fraction of sp³-hybridized carbons (Fsp3) is 0.348. The first kappa shape index (κ1) is 19.2. The lowest BCUT2D eigenvalue weighted by Gasteiger charge is -2.33. The molecule has 2 aliphatic rings. The Bertz CT molecular complexity index is 1010. The molecular formula is C23H24N2O4. The van der Waals surface area contributed by atoms with Crippen molar-refractivity contribution in [3.05, 3.63) is 70.3 Å². The van der Waals surface area contributed by atoms with Crippen LogP contribution in [0.15, 0.2) is 47.6 Å². The van der Waals surface area contributed by atoms with Crippen LogP contribution in [0.1, 0.15) is 46.0 Å². The molecular weight excluding hydrogens is 368 g/mol. The predicted molar refractivity (Wildman–Crippen MR) is 109 cm³/mol. The van der Waals surface area contributed by atoms with Crippen molar-refractivity contribution in [2.75, 3.05) is 6.54 Å². The van der Waals surface area contributed by atoms with E-state index in [4.69, 9.17) is 9.57 Å². The number of nitrogens with one attached hydrogen (secondary N) is 1. The molecule has 2 heterocycles. The molecule has 0 aliphatic carbocycles. The summed E-state index contributed by atoms with van der Waals surface area (Å²) >= 11 is 0. The van der Waals surface area contributed by atoms with Crippen LogP contribution in [0.3, 0.4) is 0 Å². The van der Waals surface area contributed by atoms with Crippen molar-refractivity contribution in [1.82, 2.24) is 5.32 Å². The number of benzene rings is 2. The van der Waals surface area contributed by atoms with Gasteiger partial charge in [0.25, 0.3) is 5.91 Å². The van der Waals surface area contributed by atoms with Crippen LogP contribution in [0.4, 0.5) is 0 Å². The smallest absolute Gasteiger partial charge is 0.339 e. The number of cyclic esters (lactones) is 1. The second-order valence-electron chi connectivity index (χ2n) is 7.93. The highest BCUT2D eigenvalue weighted by atomic mass is 16.6. The van der Waals surface area contributed by atoms with Gasteiger partial charge in [-0.1, -0.05) is 35.5 Å². The fourth-order valence-electron chi connectivity index (χ4n) is 3.68. The Morgan fingerprint density at radius 3 is 2.79 bits per heavy atom. The standard InChI is InChI=1S/C23H24N2O4/c1-14-8-9-16(10-15(14)2)20-11-18(29-25-20)13-24-22(27)23(3)12-17-6-4-5-7-19(17)21(26)28-23/h4-10,18H,11-13H2,1-3H3,(H,24,27). The summed E-state index contributed by atoms with van der Waals surface area (Å²) in [6, 6.07) is 13.4. The third-order valence-electron chi connectivity index (χ3n) is 5.63. The Morgan fingerprint density at radius 2 is 2.00 bits per heavy atom. The highest BCUT2D eigenvalue weighted by Gasteiger charge is 2.42. The van der Waals surface area contributed by atoms with Gasteiger partial charge in [-0.15, -0.1) is 0 Å². The number of nitrogens with zero attached hydrogens (tertiary/aromatic N) is 1. The minimum Gasteiger partial charge on any atom is -0.445 e. The first-order valence-corrected chi connectivity index (χ1v) is 9.75. The van der Waals surface area contributed by atoms with Crippen molar-refractivity contribution in [2.45, 2.75) is 45.3 Å². The molecule has 2 unspecified atom stereocenters. The highest BCUT2D eigenvalue weighted by molar-refractivity contribution is 6.01. The van der Waals surface area contributed by atoms with Gasteiger partial charge in [0, 0.05) is 12.8 Å². The Balaban J connectivity index is 1.36. The van der Waals surface area contributed by atoms with E-state index in [0.29, 0.717) is 24.9 Å². The number of esters is 1. The summed E-state index contributed by atoms with van der Waals surface area (Å²) in [7, 11) is 0. The first-order chi connectivity index (χ1) is 13.9. The van der Waals surface area contributed by atoms with Crippen LogP contribution in [0.25, 0.3) is 0 Å². The summed E-state index contributed by atoms with van der Waals surface area (Å²) in [5.74, 6) is -0.800. The maximum Gasteiger partial charge on any atom is 0.339 e. The number of amides is 1. The quantitative estimate of drug-likeness (QED) is 0.812. The van der Waals surface area contributed by atoms with Gasteiger partial charge < -0.3 is 14.9 Å². The molecule has 0 aromatic heterocycles. The normalized spacial score (nSPS) is 22.9. The molecule has 0 spiro atoms. The van der Waals surface area contributed by atoms with E-state index < -0.39 is 11.6 Å². The highest BCUT2D eigenvalue weighted by Crippen LogP contribution is 2.28. The topological polar surface area (TPSA) is 77.0 Å². The van der Waals surface area contributed by atoms with E-state index in [1.807, 2.05) is 18.2 Å². The van der Waals surface area contributed by atoms with E-state index in [1.54, 1.807) is 19.1 Å². The average molecular weight is 392 g/mol. The van der Waals surface area contributed by atoms with Crippen molar-refractivity contribution in [3.8, 4) is 0 Å². The number of hydrogen-bond acceptors (Lipinski definition) is 5. The molecule has 0 fully saturated rings. The minimum atomic E-state index is -1.23. The van der Waals surface area contributed by atoms with Crippen LogP contribution >= 0.6 is 0 Å². The van der Waals surface area contributed by atoms with E-state index in [1.165, 1.54) is 11.1 Å². The summed E-state index contributed by atoms with van der Waals surface area (Å²) < 4.78 is 5.47. The van der Waals surface area contributed by atoms with Crippen LogP contribution in [0.2, 0.25) is 0 Å². The lowest BCUT2D eigenvalue weighted by Crippen LogP contribution is -2.52. The molecule has 6 nitrogen and oxygen atoms in total. The molecule has 6 heteroatoms. The Morgan fingerprint density at radius 1 is 1.21 bits per heavy atom. The number of hydrogen-bond donors (Lipinski definition) is 1. The summed E-state index contributed by atoms with van der Waals surface area (Å²) in [6.07, 6.45) is 0.712. The van der Waals surface area contributed by atoms with Gasteiger partial charge in [0.15, 0.2) is 5.60 Å². The number of rotatable bonds is 4. The van der Waals surface area contributed by atoms with Crippen molar-refractivity contribution >= 4 is 17.6 Å². The fourth-order valence-corrected chi connectivity index (χ4v) is 3.68. The molecule has 0 saturated heterocycles. The van der Waals surface area contributed by atoms with Gasteiger partial charge in [-0.3, -0.25) is 4.79 Å². The number of carbonyl (C=O) groups is 2. The number of oxime groups is 1. The minimum absolute atomic E-state index is 0.245. The van der Waals surface area contributed by atoms with Crippen LogP contribution in [0, 0.1) is 13.8 Å². The van der Waals surface area contributed by atoms with Gasteiger partial charge in [-0.25, -0.2) is 4.79 Å². The number of ether oxygens (including phenoxy) is 1. The first-order valence-electron chi connectivity index (χ1n) is 9.75. The second-order valence-corrected chi connectivity index (χ2v) is 7.93. The lowest BCUT2D eigenvalue weighted by atomic mass is 9.89. The van der Waals surface area contributed by atoms with Gasteiger partial charge in [0.05, 0.1) is 17.8 Å². The van der Waals surface area contributed by atoms with E-state index in [-0.39, 0.29) is 12.0 Å². The van der Waals surface area contributed by atoms with Gasteiger partial charge in [-0.05, 0) is 55.2 Å². The summed E-state index contributed by atoms with van der Waals surface area (Å²) in [4.78, 5) is 30.6. The number of carbonyl (C=O) groups excluding carboxylic acids is 2. The molecule has 0 bridgehead atoms. The van der Waals surface area contributed by atoms with E-state index >= 15 is 0 Å². The molecule has 2 atom stereocenters. The van der Waals surface area contributed by atoms with Crippen molar-refractivity contribution in [3.63, 3.8) is 0 Å². The number of aryl methyl sites for hydroxylation is 2. The van der Waals surface area contributed by atoms with Gasteiger partial charge >= 0.3 is 5.97 Å². The Kier molecular flexibility index (Phi) is 4.86. The maximum absolute atomic E-state index is 12.8. The van der Waals surface area contributed by atoms with Crippen molar-refractivity contribution < 1.29 is 19.2 Å². The Labute approximate surface area is 169 Å². The molecule has 0 radical (unpaired) electrons. The zero-order valence-corrected chi connectivity index (χ0v) is 16.8. The molecule has 150 valence electrons. The van der Waals surface area contributed by atoms with Crippen LogP contribution in [0.5, 0.6) is 0 Å². The van der Waals surface area contributed by atoms with Crippen LogP contribution in [-0.2, 0) is 20.8 Å². The number of fused-ring (bicyclic) bond motifs is 1. The molecule has 4 rings (SSSR count). The molecule has 0 saturated carbocycles. The Hall–Kier alpha value is -3.15. The van der Waals surface area contributed by atoms with E-state index in [0.717, 1.165) is 16.8 Å². The van der Waals surface area contributed by atoms with Gasteiger partial charge in [0.2, 0.25) is 0 Å². The maximum atomic E-state index is 12.8. The second kappa shape index (κ2) is 7.35. The van der Waals surface area contributed by atoms with Crippen LogP contribution < -0.4 is 5.32 Å². The molecule has 2 aromatic carbocycles. The van der Waals surface area contributed by atoms with Crippen molar-refractivity contribution in [2.24, 2.45) is 5.16 Å². The van der Waals surface area contributed by atoms with Crippen molar-refractivity contribution in [1.29, 1.82) is 0 Å². The zero-order chi connectivity index (χ0) is 20.6. The third kappa shape index (κ3) is 3.75. The van der Waals surface area contributed by atoms with E-state index in [9.17, 15) is 9.59 Å². The van der Waals surface area contributed by atoms with Gasteiger partial charge in [0.1, 0.15) is 6.10 Å². The van der Waals surface area contributed by atoms with Crippen LogP contribution in [-0.4, -0.2) is 35.8 Å². The molecule has 2 aliphatic heterocycles. The molecule has 2 aromatic rings. The third-order valence-corrected chi connectivity index (χ3v) is 5.63. The van der Waals surface area contributed by atoms with Gasteiger partial charge in [-0.2, -0.15) is 0 Å². The molecule has 29 heavy (non-hydrogen) atoms.